The van der Waals surface area contributed by atoms with Gasteiger partial charge in [-0.15, -0.1) is 0 Å². The molecule has 7 nitrogen and oxygen atoms in total. The maximum Gasteiger partial charge on any atom is 0.408 e. The SMILES string of the molecule is CC(=O)[C@@H]1CC[C@@H]2CCC(=O)CC(NC(=O)OC(C)(C)C)C(=O)N21. The lowest BCUT2D eigenvalue weighted by atomic mass is 9.98. The summed E-state index contributed by atoms with van der Waals surface area (Å²) in [6.07, 6.45) is 1.45. The van der Waals surface area contributed by atoms with E-state index in [2.05, 4.69) is 5.32 Å². The molecular formula is C17H26N2O5. The fourth-order valence-corrected chi connectivity index (χ4v) is 3.39. The topological polar surface area (TPSA) is 92.8 Å². The van der Waals surface area contributed by atoms with E-state index >= 15 is 0 Å². The summed E-state index contributed by atoms with van der Waals surface area (Å²) in [5.41, 5.74) is -0.698. The molecule has 24 heavy (non-hydrogen) atoms. The van der Waals surface area contributed by atoms with Crippen molar-refractivity contribution < 1.29 is 23.9 Å². The molecule has 0 spiro atoms. The summed E-state index contributed by atoms with van der Waals surface area (Å²) in [4.78, 5) is 50.4. The molecule has 2 saturated heterocycles. The Morgan fingerprint density at radius 2 is 1.83 bits per heavy atom. The second-order valence-electron chi connectivity index (χ2n) is 7.58. The number of fused-ring (bicyclic) bond motifs is 1. The van der Waals surface area contributed by atoms with Crippen LogP contribution in [0.2, 0.25) is 0 Å². The molecular weight excluding hydrogens is 312 g/mol. The largest absolute Gasteiger partial charge is 0.444 e. The third kappa shape index (κ3) is 4.33. The lowest BCUT2D eigenvalue weighted by Crippen LogP contribution is -2.56. The highest BCUT2D eigenvalue weighted by molar-refractivity contribution is 5.95. The van der Waals surface area contributed by atoms with Crippen LogP contribution in [0.3, 0.4) is 0 Å². The number of rotatable bonds is 2. The highest BCUT2D eigenvalue weighted by Crippen LogP contribution is 2.31. The van der Waals surface area contributed by atoms with Crippen molar-refractivity contribution in [3.05, 3.63) is 0 Å². The number of ketones is 2. The Bertz CT molecular complexity index is 552. The average Bonchev–Trinajstić information content (AvgIpc) is 2.84. The molecule has 0 aromatic heterocycles. The van der Waals surface area contributed by atoms with Crippen molar-refractivity contribution in [2.24, 2.45) is 0 Å². The Balaban J connectivity index is 2.18. The molecule has 2 aliphatic rings. The monoisotopic (exact) mass is 338 g/mol. The van der Waals surface area contributed by atoms with Crippen LogP contribution in [0.1, 0.15) is 59.8 Å². The minimum Gasteiger partial charge on any atom is -0.444 e. The van der Waals surface area contributed by atoms with Gasteiger partial charge in [0.25, 0.3) is 0 Å². The second-order valence-corrected chi connectivity index (χ2v) is 7.58. The predicted molar refractivity (Wildman–Crippen MR) is 86.4 cm³/mol. The molecule has 0 aliphatic carbocycles. The average molecular weight is 338 g/mol. The number of nitrogens with one attached hydrogen (secondary N) is 1. The summed E-state index contributed by atoms with van der Waals surface area (Å²) in [5.74, 6) is -0.485. The van der Waals surface area contributed by atoms with Crippen molar-refractivity contribution in [1.29, 1.82) is 0 Å². The summed E-state index contributed by atoms with van der Waals surface area (Å²) in [5, 5.41) is 2.51. The number of ether oxygens (including phenoxy) is 1. The van der Waals surface area contributed by atoms with Crippen molar-refractivity contribution in [3.8, 4) is 0 Å². The molecule has 3 atom stereocenters. The zero-order valence-electron chi connectivity index (χ0n) is 14.8. The molecule has 0 radical (unpaired) electrons. The summed E-state index contributed by atoms with van der Waals surface area (Å²) in [6, 6.07) is -1.55. The smallest absolute Gasteiger partial charge is 0.408 e. The summed E-state index contributed by atoms with van der Waals surface area (Å²) >= 11 is 0. The third-order valence-electron chi connectivity index (χ3n) is 4.40. The number of carbonyl (C=O) groups excluding carboxylic acids is 4. The van der Waals surface area contributed by atoms with Gasteiger partial charge in [0.15, 0.2) is 5.78 Å². The van der Waals surface area contributed by atoms with E-state index in [0.29, 0.717) is 25.7 Å². The van der Waals surface area contributed by atoms with E-state index in [1.165, 1.54) is 6.92 Å². The third-order valence-corrected chi connectivity index (χ3v) is 4.40. The Labute approximate surface area is 142 Å². The first kappa shape index (κ1) is 18.4. The molecule has 7 heteroatoms. The quantitative estimate of drug-likeness (QED) is 0.825. The van der Waals surface area contributed by atoms with E-state index in [1.54, 1.807) is 25.7 Å². The van der Waals surface area contributed by atoms with Gasteiger partial charge >= 0.3 is 6.09 Å². The van der Waals surface area contributed by atoms with E-state index in [1.807, 2.05) is 0 Å². The van der Waals surface area contributed by atoms with Crippen molar-refractivity contribution in [2.45, 2.75) is 83.5 Å². The number of alkyl carbamates (subject to hydrolysis) is 1. The van der Waals surface area contributed by atoms with Gasteiger partial charge < -0.3 is 15.0 Å². The fraction of sp³-hybridized carbons (Fsp3) is 0.765. The molecule has 0 saturated carbocycles. The Kier molecular flexibility index (Phi) is 5.30. The summed E-state index contributed by atoms with van der Waals surface area (Å²) in [7, 11) is 0. The predicted octanol–water partition coefficient (Wildman–Crippen LogP) is 1.58. The zero-order valence-corrected chi connectivity index (χ0v) is 14.8. The maximum atomic E-state index is 12.9. The highest BCUT2D eigenvalue weighted by Gasteiger charge is 2.44. The fourth-order valence-electron chi connectivity index (χ4n) is 3.39. The van der Waals surface area contributed by atoms with Crippen LogP contribution >= 0.6 is 0 Å². The normalized spacial score (nSPS) is 28.0. The summed E-state index contributed by atoms with van der Waals surface area (Å²) in [6.45, 7) is 6.64. The molecule has 0 bridgehead atoms. The van der Waals surface area contributed by atoms with E-state index in [-0.39, 0.29) is 29.9 Å². The van der Waals surface area contributed by atoms with Crippen LogP contribution in [0.5, 0.6) is 0 Å². The molecule has 134 valence electrons. The van der Waals surface area contributed by atoms with Gasteiger partial charge in [-0.25, -0.2) is 4.79 Å². The van der Waals surface area contributed by atoms with Gasteiger partial charge in [0.1, 0.15) is 17.4 Å². The van der Waals surface area contributed by atoms with Crippen LogP contribution < -0.4 is 5.32 Å². The Hall–Kier alpha value is -1.92. The number of nitrogens with zero attached hydrogens (tertiary/aromatic N) is 1. The van der Waals surface area contributed by atoms with E-state index < -0.39 is 23.8 Å². The zero-order chi connectivity index (χ0) is 18.1. The molecule has 2 aliphatic heterocycles. The van der Waals surface area contributed by atoms with Crippen LogP contribution in [0.25, 0.3) is 0 Å². The van der Waals surface area contributed by atoms with Crippen LogP contribution in [-0.4, -0.2) is 52.2 Å². The van der Waals surface area contributed by atoms with Crippen LogP contribution in [-0.2, 0) is 19.1 Å². The van der Waals surface area contributed by atoms with Crippen LogP contribution in [0.15, 0.2) is 0 Å². The number of amides is 2. The molecule has 2 amide bonds. The lowest BCUT2D eigenvalue weighted by molar-refractivity contribution is -0.143. The Morgan fingerprint density at radius 1 is 1.17 bits per heavy atom. The molecule has 1 N–H and O–H groups in total. The number of hydrogen-bond donors (Lipinski definition) is 1. The van der Waals surface area contributed by atoms with Crippen molar-refractivity contribution in [3.63, 3.8) is 0 Å². The maximum absolute atomic E-state index is 12.9. The van der Waals surface area contributed by atoms with Gasteiger partial charge in [-0.05, 0) is 47.0 Å². The van der Waals surface area contributed by atoms with Crippen molar-refractivity contribution in [2.75, 3.05) is 0 Å². The first-order valence-corrected chi connectivity index (χ1v) is 8.42. The lowest BCUT2D eigenvalue weighted by Gasteiger charge is -2.34. The van der Waals surface area contributed by atoms with Gasteiger partial charge in [0, 0.05) is 18.9 Å². The van der Waals surface area contributed by atoms with Crippen LogP contribution in [0.4, 0.5) is 4.79 Å². The number of Topliss-reactive ketones (excluding diaryl/α,β-unsaturated/α-hetero) is 2. The minimum absolute atomic E-state index is 0.0599. The minimum atomic E-state index is -0.977. The number of hydrogen-bond acceptors (Lipinski definition) is 5. The molecule has 1 unspecified atom stereocenters. The molecule has 0 aromatic rings. The van der Waals surface area contributed by atoms with Crippen molar-refractivity contribution in [1.82, 2.24) is 10.2 Å². The van der Waals surface area contributed by atoms with E-state index in [4.69, 9.17) is 4.74 Å². The van der Waals surface area contributed by atoms with Gasteiger partial charge in [0.2, 0.25) is 5.91 Å². The standard InChI is InChI=1S/C17H26N2O5/c1-10(20)14-8-6-11-5-7-12(21)9-13(15(22)19(11)14)18-16(23)24-17(2,3)4/h11,13-14H,5-9H2,1-4H3,(H,18,23)/t11-,13?,14-/m0/s1. The van der Waals surface area contributed by atoms with E-state index in [9.17, 15) is 19.2 Å². The van der Waals surface area contributed by atoms with E-state index in [0.717, 1.165) is 0 Å². The van der Waals surface area contributed by atoms with Crippen molar-refractivity contribution >= 4 is 23.6 Å². The van der Waals surface area contributed by atoms with Gasteiger partial charge in [-0.3, -0.25) is 14.4 Å². The molecule has 2 rings (SSSR count). The molecule has 2 heterocycles. The molecule has 2 fully saturated rings. The molecule has 0 aromatic carbocycles. The first-order chi connectivity index (χ1) is 11.1. The van der Waals surface area contributed by atoms with Gasteiger partial charge in [0.05, 0.1) is 6.04 Å². The summed E-state index contributed by atoms with van der Waals surface area (Å²) < 4.78 is 5.18. The number of carbonyl (C=O) groups is 4. The first-order valence-electron chi connectivity index (χ1n) is 8.42. The highest BCUT2D eigenvalue weighted by atomic mass is 16.6. The van der Waals surface area contributed by atoms with Crippen LogP contribution in [0, 0.1) is 0 Å². The second kappa shape index (κ2) is 6.91. The van der Waals surface area contributed by atoms with Gasteiger partial charge in [-0.1, -0.05) is 0 Å². The Morgan fingerprint density at radius 3 is 2.42 bits per heavy atom. The van der Waals surface area contributed by atoms with Gasteiger partial charge in [-0.2, -0.15) is 0 Å².